The molecule has 4 rings (SSSR count). The molecule has 3 nitrogen and oxygen atoms in total. The van der Waals surface area contributed by atoms with Crippen LogP contribution in [0.4, 0.5) is 0 Å². The Hall–Kier alpha value is -0.570. The Bertz CT molecular complexity index is 329. The molecule has 0 spiro atoms. The van der Waals surface area contributed by atoms with Gasteiger partial charge >= 0.3 is 0 Å². The molecule has 1 amide bonds. The molecule has 20 heavy (non-hydrogen) atoms. The maximum absolute atomic E-state index is 12.0. The number of amides is 1. The van der Waals surface area contributed by atoms with Crippen LogP contribution in [0.3, 0.4) is 0 Å². The fourth-order valence-electron chi connectivity index (χ4n) is 5.36. The number of hydrogen-bond acceptors (Lipinski definition) is 2. The van der Waals surface area contributed by atoms with Crippen molar-refractivity contribution in [3.05, 3.63) is 0 Å². The Morgan fingerprint density at radius 2 is 1.65 bits per heavy atom. The van der Waals surface area contributed by atoms with E-state index in [0.717, 1.165) is 30.8 Å². The quantitative estimate of drug-likeness (QED) is 0.784. The van der Waals surface area contributed by atoms with Gasteiger partial charge in [0.1, 0.15) is 0 Å². The highest BCUT2D eigenvalue weighted by Gasteiger charge is 2.50. The minimum Gasteiger partial charge on any atom is -0.356 e. The van der Waals surface area contributed by atoms with Crippen LogP contribution in [-0.4, -0.2) is 25.0 Å². The van der Waals surface area contributed by atoms with Crippen molar-refractivity contribution >= 4 is 5.91 Å². The molecule has 0 aromatic rings. The van der Waals surface area contributed by atoms with Crippen molar-refractivity contribution in [2.75, 3.05) is 13.1 Å². The molecule has 2 N–H and O–H groups in total. The summed E-state index contributed by atoms with van der Waals surface area (Å²) in [6.07, 6.45) is 9.18. The number of hydrogen-bond donors (Lipinski definition) is 2. The average Bonchev–Trinajstić information content (AvgIpc) is 2.34. The molecule has 0 unspecified atom stereocenters. The van der Waals surface area contributed by atoms with Crippen LogP contribution in [0.15, 0.2) is 0 Å². The third-order valence-corrected chi connectivity index (χ3v) is 5.73. The lowest BCUT2D eigenvalue weighted by molar-refractivity contribution is -0.123. The molecule has 0 heterocycles. The smallest absolute Gasteiger partial charge is 0.221 e. The summed E-state index contributed by atoms with van der Waals surface area (Å²) < 4.78 is 0. The van der Waals surface area contributed by atoms with Crippen LogP contribution in [0.2, 0.25) is 0 Å². The van der Waals surface area contributed by atoms with E-state index >= 15 is 0 Å². The van der Waals surface area contributed by atoms with E-state index in [2.05, 4.69) is 24.5 Å². The Morgan fingerprint density at radius 3 is 2.15 bits per heavy atom. The standard InChI is InChI=1S/C17H30N2O/c1-12(2)18-4-3-16(20)19-11-17-8-13-5-14(9-17)7-15(6-13)10-17/h12-15,18H,3-11H2,1-2H3,(H,19,20). The van der Waals surface area contributed by atoms with Gasteiger partial charge in [-0.05, 0) is 61.7 Å². The SMILES string of the molecule is CC(C)NCCC(=O)NCC12CC3CC(CC(C3)C1)C2. The van der Waals surface area contributed by atoms with Crippen LogP contribution < -0.4 is 10.6 Å². The highest BCUT2D eigenvalue weighted by atomic mass is 16.1. The maximum atomic E-state index is 12.0. The second-order valence-electron chi connectivity index (χ2n) is 8.05. The van der Waals surface area contributed by atoms with Crippen molar-refractivity contribution in [3.63, 3.8) is 0 Å². The zero-order chi connectivity index (χ0) is 14.2. The van der Waals surface area contributed by atoms with E-state index in [1.54, 1.807) is 0 Å². The van der Waals surface area contributed by atoms with Crippen LogP contribution in [0.25, 0.3) is 0 Å². The molecule has 114 valence electrons. The van der Waals surface area contributed by atoms with Crippen LogP contribution in [0.1, 0.15) is 58.8 Å². The predicted molar refractivity (Wildman–Crippen MR) is 81.4 cm³/mol. The molecule has 4 saturated carbocycles. The summed E-state index contributed by atoms with van der Waals surface area (Å²) in [6.45, 7) is 5.97. The Kier molecular flexibility index (Phi) is 4.07. The molecule has 4 fully saturated rings. The highest BCUT2D eigenvalue weighted by molar-refractivity contribution is 5.76. The minimum absolute atomic E-state index is 0.230. The van der Waals surface area contributed by atoms with Gasteiger partial charge in [0, 0.05) is 25.6 Å². The van der Waals surface area contributed by atoms with Gasteiger partial charge in [0.25, 0.3) is 0 Å². The van der Waals surface area contributed by atoms with Crippen molar-refractivity contribution in [2.45, 2.75) is 64.8 Å². The van der Waals surface area contributed by atoms with Gasteiger partial charge in [0.15, 0.2) is 0 Å². The summed E-state index contributed by atoms with van der Waals surface area (Å²) in [6, 6.07) is 0.464. The summed E-state index contributed by atoms with van der Waals surface area (Å²) in [5.74, 6) is 3.15. The molecule has 0 atom stereocenters. The van der Waals surface area contributed by atoms with E-state index in [1.165, 1.54) is 38.5 Å². The molecule has 3 heteroatoms. The molecule has 0 aliphatic heterocycles. The highest BCUT2D eigenvalue weighted by Crippen LogP contribution is 2.59. The third kappa shape index (κ3) is 3.19. The third-order valence-electron chi connectivity index (χ3n) is 5.73. The molecule has 0 radical (unpaired) electrons. The normalized spacial score (nSPS) is 38.5. The van der Waals surface area contributed by atoms with Crippen LogP contribution in [0, 0.1) is 23.2 Å². The van der Waals surface area contributed by atoms with Crippen molar-refractivity contribution in [1.29, 1.82) is 0 Å². The lowest BCUT2D eigenvalue weighted by Gasteiger charge is -2.56. The van der Waals surface area contributed by atoms with E-state index in [-0.39, 0.29) is 5.91 Å². The Morgan fingerprint density at radius 1 is 1.10 bits per heavy atom. The van der Waals surface area contributed by atoms with Gasteiger partial charge in [0.05, 0.1) is 0 Å². The van der Waals surface area contributed by atoms with Crippen LogP contribution in [-0.2, 0) is 4.79 Å². The number of nitrogens with one attached hydrogen (secondary N) is 2. The summed E-state index contributed by atoms with van der Waals surface area (Å²) in [4.78, 5) is 12.0. The molecular formula is C17H30N2O. The lowest BCUT2D eigenvalue weighted by atomic mass is 9.49. The van der Waals surface area contributed by atoms with Gasteiger partial charge in [-0.15, -0.1) is 0 Å². The second-order valence-corrected chi connectivity index (χ2v) is 8.05. The topological polar surface area (TPSA) is 41.1 Å². The largest absolute Gasteiger partial charge is 0.356 e. The first-order chi connectivity index (χ1) is 9.55. The monoisotopic (exact) mass is 278 g/mol. The average molecular weight is 278 g/mol. The van der Waals surface area contributed by atoms with E-state index in [0.29, 0.717) is 17.9 Å². The van der Waals surface area contributed by atoms with E-state index in [4.69, 9.17) is 0 Å². The van der Waals surface area contributed by atoms with Gasteiger partial charge in [-0.2, -0.15) is 0 Å². The zero-order valence-corrected chi connectivity index (χ0v) is 13.1. The molecule has 4 aliphatic rings. The number of carbonyl (C=O) groups is 1. The summed E-state index contributed by atoms with van der Waals surface area (Å²) in [5, 5.41) is 6.54. The lowest BCUT2D eigenvalue weighted by Crippen LogP contribution is -2.51. The van der Waals surface area contributed by atoms with Crippen molar-refractivity contribution in [2.24, 2.45) is 23.2 Å². The molecule has 0 aromatic carbocycles. The van der Waals surface area contributed by atoms with Crippen LogP contribution >= 0.6 is 0 Å². The van der Waals surface area contributed by atoms with Crippen molar-refractivity contribution < 1.29 is 4.79 Å². The number of carbonyl (C=O) groups excluding carboxylic acids is 1. The molecular weight excluding hydrogens is 248 g/mol. The first kappa shape index (κ1) is 14.4. The van der Waals surface area contributed by atoms with Crippen LogP contribution in [0.5, 0.6) is 0 Å². The van der Waals surface area contributed by atoms with Gasteiger partial charge < -0.3 is 10.6 Å². The Labute approximate surface area is 123 Å². The second kappa shape index (κ2) is 5.67. The minimum atomic E-state index is 0.230. The summed E-state index contributed by atoms with van der Waals surface area (Å²) in [5.41, 5.74) is 0.468. The summed E-state index contributed by atoms with van der Waals surface area (Å²) in [7, 11) is 0. The number of rotatable bonds is 6. The molecule has 4 aliphatic carbocycles. The fraction of sp³-hybridized carbons (Fsp3) is 0.941. The van der Waals surface area contributed by atoms with Crippen molar-refractivity contribution in [1.82, 2.24) is 10.6 Å². The molecule has 0 saturated heterocycles. The van der Waals surface area contributed by atoms with E-state index < -0.39 is 0 Å². The van der Waals surface area contributed by atoms with Gasteiger partial charge in [-0.1, -0.05) is 13.8 Å². The predicted octanol–water partition coefficient (Wildman–Crippen LogP) is 2.71. The summed E-state index contributed by atoms with van der Waals surface area (Å²) >= 11 is 0. The molecule has 4 bridgehead atoms. The zero-order valence-electron chi connectivity index (χ0n) is 13.1. The van der Waals surface area contributed by atoms with Gasteiger partial charge in [-0.3, -0.25) is 4.79 Å². The van der Waals surface area contributed by atoms with E-state index in [9.17, 15) is 4.79 Å². The van der Waals surface area contributed by atoms with E-state index in [1.807, 2.05) is 0 Å². The maximum Gasteiger partial charge on any atom is 0.221 e. The first-order valence-corrected chi connectivity index (χ1v) is 8.55. The van der Waals surface area contributed by atoms with Gasteiger partial charge in [0.2, 0.25) is 5.91 Å². The fourth-order valence-corrected chi connectivity index (χ4v) is 5.36. The van der Waals surface area contributed by atoms with Crippen molar-refractivity contribution in [3.8, 4) is 0 Å². The first-order valence-electron chi connectivity index (χ1n) is 8.55. The molecule has 0 aromatic heterocycles. The van der Waals surface area contributed by atoms with Gasteiger partial charge in [-0.25, -0.2) is 0 Å². The Balaban J connectivity index is 1.45.